The first kappa shape index (κ1) is 16.5. The van der Waals surface area contributed by atoms with Gasteiger partial charge >= 0.3 is 0 Å². The summed E-state index contributed by atoms with van der Waals surface area (Å²) < 4.78 is 10.9. The first-order chi connectivity index (χ1) is 11.5. The molecule has 1 aromatic heterocycles. The Balaban J connectivity index is 1.98. The predicted molar refractivity (Wildman–Crippen MR) is 90.4 cm³/mol. The molecule has 1 atom stereocenters. The van der Waals surface area contributed by atoms with Gasteiger partial charge in [0, 0.05) is 25.3 Å². The Morgan fingerprint density at radius 2 is 2.00 bits per heavy atom. The van der Waals surface area contributed by atoms with Crippen LogP contribution in [0.3, 0.4) is 0 Å². The van der Waals surface area contributed by atoms with Crippen molar-refractivity contribution >= 4 is 5.91 Å². The van der Waals surface area contributed by atoms with Crippen LogP contribution >= 0.6 is 0 Å². The van der Waals surface area contributed by atoms with Crippen LogP contribution in [-0.4, -0.2) is 36.6 Å². The Kier molecular flexibility index (Phi) is 4.32. The van der Waals surface area contributed by atoms with Crippen LogP contribution in [0, 0.1) is 0 Å². The molecule has 0 saturated carbocycles. The number of methoxy groups -OCH3 is 2. The van der Waals surface area contributed by atoms with Crippen molar-refractivity contribution in [3.05, 3.63) is 47.0 Å². The summed E-state index contributed by atoms with van der Waals surface area (Å²) >= 11 is 0. The molecular weight excluding hydrogens is 306 g/mol. The van der Waals surface area contributed by atoms with E-state index < -0.39 is 5.60 Å². The largest absolute Gasteiger partial charge is 0.496 e. The highest BCUT2D eigenvalue weighted by Gasteiger charge is 2.31. The summed E-state index contributed by atoms with van der Waals surface area (Å²) in [7, 11) is 3.29. The molecule has 24 heavy (non-hydrogen) atoms. The normalized spacial score (nSPS) is 17.8. The minimum atomic E-state index is -0.577. The maximum Gasteiger partial charge on any atom is 0.271 e. The van der Waals surface area contributed by atoms with Gasteiger partial charge in [-0.25, -0.2) is 4.98 Å². The van der Waals surface area contributed by atoms with Crippen LogP contribution in [0.2, 0.25) is 0 Å². The van der Waals surface area contributed by atoms with E-state index in [9.17, 15) is 4.79 Å². The number of fused-ring (bicyclic) bond motifs is 1. The highest BCUT2D eigenvalue weighted by Crippen LogP contribution is 2.32. The molecule has 1 aromatic carbocycles. The molecule has 128 valence electrons. The number of rotatable bonds is 4. The number of para-hydroxylation sites is 1. The second-order valence-electron chi connectivity index (χ2n) is 6.48. The summed E-state index contributed by atoms with van der Waals surface area (Å²) in [5.41, 5.74) is 1.79. The number of H-pyrrole nitrogens is 1. The number of carbonyl (C=O) groups excluding carboxylic acids is 1. The van der Waals surface area contributed by atoms with Crippen molar-refractivity contribution in [1.82, 2.24) is 15.3 Å². The molecule has 0 bridgehead atoms. The molecule has 0 fully saturated rings. The van der Waals surface area contributed by atoms with Gasteiger partial charge in [-0.1, -0.05) is 18.2 Å². The highest BCUT2D eigenvalue weighted by molar-refractivity contribution is 5.94. The molecule has 3 rings (SSSR count). The Morgan fingerprint density at radius 1 is 1.25 bits per heavy atom. The molecule has 0 aliphatic carbocycles. The van der Waals surface area contributed by atoms with Crippen molar-refractivity contribution in [1.29, 1.82) is 0 Å². The van der Waals surface area contributed by atoms with Crippen LogP contribution in [0.1, 0.15) is 47.3 Å². The van der Waals surface area contributed by atoms with E-state index in [2.05, 4.69) is 15.3 Å². The highest BCUT2D eigenvalue weighted by atomic mass is 16.5. The summed E-state index contributed by atoms with van der Waals surface area (Å²) in [6, 6.07) is 7.91. The molecule has 6 nitrogen and oxygen atoms in total. The van der Waals surface area contributed by atoms with Gasteiger partial charge in [0.25, 0.3) is 5.91 Å². The lowest BCUT2D eigenvalue weighted by molar-refractivity contribution is 0.0120. The van der Waals surface area contributed by atoms with Gasteiger partial charge < -0.3 is 19.8 Å². The van der Waals surface area contributed by atoms with E-state index >= 15 is 0 Å². The van der Waals surface area contributed by atoms with Gasteiger partial charge in [-0.3, -0.25) is 4.79 Å². The zero-order valence-corrected chi connectivity index (χ0v) is 14.5. The van der Waals surface area contributed by atoms with Gasteiger partial charge in [0.05, 0.1) is 7.11 Å². The number of hydrogen-bond acceptors (Lipinski definition) is 4. The summed E-state index contributed by atoms with van der Waals surface area (Å²) in [4.78, 5) is 20.2. The SMILES string of the molecule is COc1ccccc1[C@@H]1CNC(=O)c2nc(C(C)(C)OC)[nH]c2C1. The fraction of sp³-hybridized carbons (Fsp3) is 0.444. The lowest BCUT2D eigenvalue weighted by Gasteiger charge is -2.20. The van der Waals surface area contributed by atoms with Crippen molar-refractivity contribution in [3.8, 4) is 5.75 Å². The van der Waals surface area contributed by atoms with E-state index in [4.69, 9.17) is 9.47 Å². The van der Waals surface area contributed by atoms with Gasteiger partial charge in [-0.05, 0) is 31.9 Å². The third kappa shape index (κ3) is 2.89. The molecule has 2 aromatic rings. The van der Waals surface area contributed by atoms with Gasteiger partial charge in [0.1, 0.15) is 22.9 Å². The molecule has 2 N–H and O–H groups in total. The van der Waals surface area contributed by atoms with Crippen LogP contribution in [-0.2, 0) is 16.8 Å². The number of hydrogen-bond donors (Lipinski definition) is 2. The second-order valence-corrected chi connectivity index (χ2v) is 6.48. The fourth-order valence-corrected chi connectivity index (χ4v) is 2.97. The molecule has 6 heteroatoms. The van der Waals surface area contributed by atoms with Crippen molar-refractivity contribution in [3.63, 3.8) is 0 Å². The van der Waals surface area contributed by atoms with Gasteiger partial charge in [0.15, 0.2) is 0 Å². The lowest BCUT2D eigenvalue weighted by atomic mass is 9.93. The summed E-state index contributed by atoms with van der Waals surface area (Å²) in [6.07, 6.45) is 0.682. The molecule has 2 heterocycles. The quantitative estimate of drug-likeness (QED) is 0.903. The molecule has 1 aliphatic heterocycles. The van der Waals surface area contributed by atoms with Crippen molar-refractivity contribution in [2.45, 2.75) is 31.8 Å². The molecule has 0 unspecified atom stereocenters. The number of aromatic nitrogens is 2. The van der Waals surface area contributed by atoms with Gasteiger partial charge in [0.2, 0.25) is 0 Å². The standard InChI is InChI=1S/C18H23N3O3/c1-18(2,24-4)17-20-13-9-11(10-19-16(22)15(13)21-17)12-7-5-6-8-14(12)23-3/h5-8,11H,9-10H2,1-4H3,(H,19,22)(H,20,21)/t11-/m0/s1. The maximum absolute atomic E-state index is 12.4. The zero-order chi connectivity index (χ0) is 17.3. The smallest absolute Gasteiger partial charge is 0.271 e. The van der Waals surface area contributed by atoms with Crippen LogP contribution < -0.4 is 10.1 Å². The average Bonchev–Trinajstić information content (AvgIpc) is 2.96. The number of ether oxygens (including phenoxy) is 2. The zero-order valence-electron chi connectivity index (χ0n) is 14.5. The maximum atomic E-state index is 12.4. The van der Waals surface area contributed by atoms with E-state index in [-0.39, 0.29) is 11.8 Å². The second kappa shape index (κ2) is 6.28. The van der Waals surface area contributed by atoms with Crippen molar-refractivity contribution < 1.29 is 14.3 Å². The fourth-order valence-electron chi connectivity index (χ4n) is 2.97. The first-order valence-corrected chi connectivity index (χ1v) is 8.02. The topological polar surface area (TPSA) is 76.2 Å². The Hall–Kier alpha value is -2.34. The van der Waals surface area contributed by atoms with E-state index in [1.807, 2.05) is 38.1 Å². The number of amides is 1. The summed E-state index contributed by atoms with van der Waals surface area (Å²) in [5.74, 6) is 1.45. The molecule has 1 aliphatic rings. The summed E-state index contributed by atoms with van der Waals surface area (Å²) in [6.45, 7) is 4.38. The van der Waals surface area contributed by atoms with Gasteiger partial charge in [-0.15, -0.1) is 0 Å². The minimum Gasteiger partial charge on any atom is -0.496 e. The molecule has 0 spiro atoms. The molecule has 1 amide bonds. The number of carbonyl (C=O) groups is 1. The Bertz CT molecular complexity index is 752. The predicted octanol–water partition coefficient (Wildman–Crippen LogP) is 2.37. The summed E-state index contributed by atoms with van der Waals surface area (Å²) in [5, 5.41) is 2.97. The van der Waals surface area contributed by atoms with Crippen LogP contribution in [0.5, 0.6) is 5.75 Å². The molecule has 0 radical (unpaired) electrons. The van der Waals surface area contributed by atoms with Crippen molar-refractivity contribution in [2.24, 2.45) is 0 Å². The third-order valence-electron chi connectivity index (χ3n) is 4.61. The van der Waals surface area contributed by atoms with Gasteiger partial charge in [-0.2, -0.15) is 0 Å². The number of nitrogens with one attached hydrogen (secondary N) is 2. The van der Waals surface area contributed by atoms with Crippen molar-refractivity contribution in [2.75, 3.05) is 20.8 Å². The van der Waals surface area contributed by atoms with E-state index in [0.717, 1.165) is 17.0 Å². The lowest BCUT2D eigenvalue weighted by Crippen LogP contribution is -2.27. The minimum absolute atomic E-state index is 0.116. The number of benzene rings is 1. The molecule has 0 saturated heterocycles. The number of aromatic amines is 1. The van der Waals surface area contributed by atoms with Crippen LogP contribution in [0.25, 0.3) is 0 Å². The first-order valence-electron chi connectivity index (χ1n) is 8.02. The number of imidazole rings is 1. The monoisotopic (exact) mass is 329 g/mol. The van der Waals surface area contributed by atoms with E-state index in [1.54, 1.807) is 14.2 Å². The molecular formula is C18H23N3O3. The third-order valence-corrected chi connectivity index (χ3v) is 4.61. The Morgan fingerprint density at radius 3 is 2.71 bits per heavy atom. The Labute approximate surface area is 141 Å². The number of nitrogens with zero attached hydrogens (tertiary/aromatic N) is 1. The van der Waals surface area contributed by atoms with E-state index in [1.165, 1.54) is 0 Å². The van der Waals surface area contributed by atoms with E-state index in [0.29, 0.717) is 24.5 Å². The van der Waals surface area contributed by atoms with Crippen LogP contribution in [0.15, 0.2) is 24.3 Å². The average molecular weight is 329 g/mol. The van der Waals surface area contributed by atoms with Crippen LogP contribution in [0.4, 0.5) is 0 Å².